The minimum Gasteiger partial charge on any atom is -0.876 e. The van der Waals surface area contributed by atoms with E-state index >= 15 is 0 Å². The third-order valence-corrected chi connectivity index (χ3v) is 1.75. The molecule has 0 atom stereocenters. The van der Waals surface area contributed by atoms with Crippen molar-refractivity contribution in [3.05, 3.63) is 47.9 Å². The molecular weight excluding hydrogens is 205 g/mol. The van der Waals surface area contributed by atoms with Gasteiger partial charge in [0.2, 0.25) is 5.90 Å². The summed E-state index contributed by atoms with van der Waals surface area (Å²) in [5.41, 5.74) is 0.488. The van der Waals surface area contributed by atoms with Crippen molar-refractivity contribution in [3.8, 4) is 0 Å². The van der Waals surface area contributed by atoms with E-state index in [1.807, 2.05) is 6.07 Å². The second-order valence-electron chi connectivity index (χ2n) is 2.68. The molecule has 1 aromatic carbocycles. The molecule has 0 N–H and O–H groups in total. The summed E-state index contributed by atoms with van der Waals surface area (Å²) in [4.78, 5) is 14.7. The Hall–Kier alpha value is -1.10. The number of esters is 1. The number of carbonyl (C=O) groups excluding carboxylic acids is 1. The molecule has 0 spiro atoms. The van der Waals surface area contributed by atoms with E-state index in [1.54, 1.807) is 24.3 Å². The Morgan fingerprint density at radius 2 is 1.93 bits per heavy atom. The van der Waals surface area contributed by atoms with E-state index < -0.39 is 5.97 Å². The van der Waals surface area contributed by atoms with Gasteiger partial charge in [-0.05, 0) is 12.1 Å². The summed E-state index contributed by atoms with van der Waals surface area (Å²) >= 11 is 0. The van der Waals surface area contributed by atoms with Crippen LogP contribution in [-0.4, -0.2) is 11.9 Å². The van der Waals surface area contributed by atoms with Gasteiger partial charge in [0.1, 0.15) is 5.70 Å². The van der Waals surface area contributed by atoms with E-state index in [0.29, 0.717) is 11.8 Å². The van der Waals surface area contributed by atoms with Crippen LogP contribution in [0.4, 0.5) is 0 Å². The van der Waals surface area contributed by atoms with Crippen molar-refractivity contribution < 1.29 is 44.2 Å². The molecule has 0 saturated heterocycles. The first-order valence-corrected chi connectivity index (χ1v) is 3.99. The van der Waals surface area contributed by atoms with Crippen molar-refractivity contribution >= 4 is 11.9 Å². The van der Waals surface area contributed by atoms with Crippen molar-refractivity contribution in [1.82, 2.24) is 0 Å². The molecule has 4 nitrogen and oxygen atoms in total. The van der Waals surface area contributed by atoms with E-state index in [0.717, 1.165) is 0 Å². The van der Waals surface area contributed by atoms with Crippen LogP contribution >= 0.6 is 0 Å². The topological polar surface area (TPSA) is 61.7 Å². The SMILES string of the molecule is O=C1OC(c2ccccc2)=N/C1=C/[O-].[Na+]. The molecule has 0 amide bonds. The smallest absolute Gasteiger partial charge is 0.876 e. The number of ether oxygens (including phenoxy) is 1. The number of hydrogen-bond acceptors (Lipinski definition) is 4. The number of nitrogens with zero attached hydrogens (tertiary/aromatic N) is 1. The summed E-state index contributed by atoms with van der Waals surface area (Å²) in [7, 11) is 0. The molecule has 1 aliphatic rings. The van der Waals surface area contributed by atoms with Crippen molar-refractivity contribution in [2.24, 2.45) is 4.99 Å². The Balaban J connectivity index is 0.00000112. The minimum absolute atomic E-state index is 0. The van der Waals surface area contributed by atoms with Crippen LogP contribution in [0, 0.1) is 0 Å². The standard InChI is InChI=1S/C10H7NO3.Na/c12-6-8-10(13)14-9(11-8)7-4-2-1-3-5-7;/h1-6,12H;/q;+1/p-1/b8-6+;. The van der Waals surface area contributed by atoms with Crippen LogP contribution in [0.25, 0.3) is 0 Å². The Kier molecular flexibility index (Phi) is 4.08. The van der Waals surface area contributed by atoms with E-state index in [9.17, 15) is 9.90 Å². The van der Waals surface area contributed by atoms with E-state index in [4.69, 9.17) is 4.74 Å². The average molecular weight is 211 g/mol. The zero-order chi connectivity index (χ0) is 9.97. The van der Waals surface area contributed by atoms with Gasteiger partial charge in [0.15, 0.2) is 0 Å². The largest absolute Gasteiger partial charge is 1.00 e. The van der Waals surface area contributed by atoms with E-state index in [-0.39, 0.29) is 41.2 Å². The van der Waals surface area contributed by atoms with Crippen molar-refractivity contribution in [2.45, 2.75) is 0 Å². The number of aliphatic imine (C=N–C) groups is 1. The van der Waals surface area contributed by atoms with Crippen LogP contribution in [0.3, 0.4) is 0 Å². The molecule has 1 aromatic rings. The normalized spacial score (nSPS) is 16.9. The third-order valence-electron chi connectivity index (χ3n) is 1.75. The fourth-order valence-electron chi connectivity index (χ4n) is 1.10. The molecule has 15 heavy (non-hydrogen) atoms. The molecule has 1 aliphatic heterocycles. The molecule has 0 saturated carbocycles. The average Bonchev–Trinajstić information content (AvgIpc) is 2.61. The maximum Gasteiger partial charge on any atom is 1.00 e. The molecular formula is C10H6NNaO3. The second-order valence-corrected chi connectivity index (χ2v) is 2.68. The van der Waals surface area contributed by atoms with Gasteiger partial charge in [-0.25, -0.2) is 9.79 Å². The first-order valence-electron chi connectivity index (χ1n) is 3.99. The summed E-state index contributed by atoms with van der Waals surface area (Å²) < 4.78 is 4.79. The fraction of sp³-hybridized carbons (Fsp3) is 0. The van der Waals surface area contributed by atoms with Gasteiger partial charge in [-0.15, -0.1) is 6.26 Å². The number of hydrogen-bond donors (Lipinski definition) is 0. The zero-order valence-corrected chi connectivity index (χ0v) is 10.1. The second kappa shape index (κ2) is 5.11. The first kappa shape index (κ1) is 12.0. The van der Waals surface area contributed by atoms with Crippen molar-refractivity contribution in [2.75, 3.05) is 0 Å². The minimum atomic E-state index is -0.696. The number of rotatable bonds is 1. The van der Waals surface area contributed by atoms with Gasteiger partial charge in [-0.2, -0.15) is 0 Å². The van der Waals surface area contributed by atoms with Gasteiger partial charge in [0.25, 0.3) is 0 Å². The molecule has 0 radical (unpaired) electrons. The summed E-state index contributed by atoms with van der Waals surface area (Å²) in [6.07, 6.45) is 0.387. The van der Waals surface area contributed by atoms with Crippen molar-refractivity contribution in [3.63, 3.8) is 0 Å². The predicted molar refractivity (Wildman–Crippen MR) is 47.2 cm³/mol. The first-order chi connectivity index (χ1) is 6.81. The van der Waals surface area contributed by atoms with Crippen LogP contribution in [0.1, 0.15) is 5.56 Å². The van der Waals surface area contributed by atoms with E-state index in [1.165, 1.54) is 0 Å². The van der Waals surface area contributed by atoms with Gasteiger partial charge < -0.3 is 9.84 Å². The van der Waals surface area contributed by atoms with Crippen LogP contribution in [0.15, 0.2) is 47.3 Å². The third kappa shape index (κ3) is 2.47. The maximum absolute atomic E-state index is 11.0. The van der Waals surface area contributed by atoms with Gasteiger partial charge in [0.05, 0.1) is 0 Å². The molecule has 2 rings (SSSR count). The Bertz CT molecular complexity index is 426. The van der Waals surface area contributed by atoms with Gasteiger partial charge in [-0.3, -0.25) is 0 Å². The Morgan fingerprint density at radius 1 is 1.27 bits per heavy atom. The number of carbonyl (C=O) groups is 1. The molecule has 0 aromatic heterocycles. The summed E-state index contributed by atoms with van der Waals surface area (Å²) in [5, 5.41) is 10.3. The van der Waals surface area contributed by atoms with E-state index in [2.05, 4.69) is 4.99 Å². The zero-order valence-electron chi connectivity index (χ0n) is 8.14. The molecule has 70 valence electrons. The molecule has 5 heteroatoms. The molecule has 0 bridgehead atoms. The predicted octanol–water partition coefficient (Wildman–Crippen LogP) is -2.80. The van der Waals surface area contributed by atoms with Gasteiger partial charge >= 0.3 is 35.5 Å². The Labute approximate surface area is 109 Å². The summed E-state index contributed by atoms with van der Waals surface area (Å²) in [5.74, 6) is -0.517. The number of benzene rings is 1. The van der Waals surface area contributed by atoms with Crippen molar-refractivity contribution in [1.29, 1.82) is 0 Å². The molecule has 1 heterocycles. The van der Waals surface area contributed by atoms with Crippen LogP contribution in [-0.2, 0) is 9.53 Å². The summed E-state index contributed by atoms with van der Waals surface area (Å²) in [6.45, 7) is 0. The van der Waals surface area contributed by atoms with Crippen LogP contribution in [0.5, 0.6) is 0 Å². The fourth-order valence-corrected chi connectivity index (χ4v) is 1.10. The Morgan fingerprint density at radius 3 is 2.47 bits per heavy atom. The van der Waals surface area contributed by atoms with Gasteiger partial charge in [-0.1, -0.05) is 18.2 Å². The van der Waals surface area contributed by atoms with Crippen LogP contribution in [0.2, 0.25) is 0 Å². The summed E-state index contributed by atoms with van der Waals surface area (Å²) in [6, 6.07) is 8.93. The van der Waals surface area contributed by atoms with Gasteiger partial charge in [0, 0.05) is 5.56 Å². The number of cyclic esters (lactones) is 1. The quantitative estimate of drug-likeness (QED) is 0.218. The molecule has 0 aliphatic carbocycles. The molecule has 0 unspecified atom stereocenters. The van der Waals surface area contributed by atoms with Crippen LogP contribution < -0.4 is 34.7 Å². The molecule has 0 fully saturated rings. The maximum atomic E-state index is 11.0. The monoisotopic (exact) mass is 211 g/mol.